The van der Waals surface area contributed by atoms with Crippen molar-refractivity contribution in [2.75, 3.05) is 22.8 Å². The first-order chi connectivity index (χ1) is 16.8. The molecule has 0 bridgehead atoms. The van der Waals surface area contributed by atoms with Gasteiger partial charge in [0.25, 0.3) is 10.0 Å². The lowest BCUT2D eigenvalue weighted by Gasteiger charge is -2.34. The number of nitrogens with one attached hydrogen (secondary N) is 1. The van der Waals surface area contributed by atoms with Crippen molar-refractivity contribution in [1.82, 2.24) is 4.98 Å². The number of anilines is 3. The van der Waals surface area contributed by atoms with Gasteiger partial charge in [0.1, 0.15) is 12.4 Å². The summed E-state index contributed by atoms with van der Waals surface area (Å²) in [6, 6.07) is 11.5. The van der Waals surface area contributed by atoms with Gasteiger partial charge >= 0.3 is 12.1 Å². The van der Waals surface area contributed by atoms with Crippen molar-refractivity contribution < 1.29 is 36.2 Å². The lowest BCUT2D eigenvalue weighted by atomic mass is 9.98. The van der Waals surface area contributed by atoms with Gasteiger partial charge in [-0.05, 0) is 42.2 Å². The second-order valence-electron chi connectivity index (χ2n) is 8.09. The smallest absolute Gasteiger partial charge is 0.489 e. The second-order valence-corrected chi connectivity index (χ2v) is 10.7. The molecule has 2 aromatic carbocycles. The van der Waals surface area contributed by atoms with E-state index in [-0.39, 0.29) is 4.90 Å². The van der Waals surface area contributed by atoms with Crippen LogP contribution >= 0.6 is 11.3 Å². The topological polar surface area (TPSA) is 109 Å². The molecular formula is C23H24F3N3O5S2. The number of hydrogen-bond donors (Lipinski definition) is 2. The number of halogens is 3. The summed E-state index contributed by atoms with van der Waals surface area (Å²) in [6.45, 7) is 7.63. The molecule has 2 N–H and O–H groups in total. The maximum atomic E-state index is 12.7. The van der Waals surface area contributed by atoms with Crippen LogP contribution in [0, 0.1) is 6.92 Å². The maximum Gasteiger partial charge on any atom is 0.490 e. The molecule has 0 amide bonds. The van der Waals surface area contributed by atoms with Gasteiger partial charge in [0, 0.05) is 23.3 Å². The summed E-state index contributed by atoms with van der Waals surface area (Å²) in [5.41, 5.74) is 4.45. The number of benzene rings is 2. The van der Waals surface area contributed by atoms with Crippen LogP contribution < -0.4 is 14.4 Å². The third kappa shape index (κ3) is 6.46. The summed E-state index contributed by atoms with van der Waals surface area (Å²) in [7, 11) is -3.73. The van der Waals surface area contributed by atoms with Gasteiger partial charge in [-0.1, -0.05) is 26.0 Å². The first-order valence-corrected chi connectivity index (χ1v) is 13.0. The summed E-state index contributed by atoms with van der Waals surface area (Å²) in [5, 5.41) is 9.19. The van der Waals surface area contributed by atoms with Gasteiger partial charge in [-0.15, -0.1) is 11.3 Å². The maximum absolute atomic E-state index is 12.7. The lowest BCUT2D eigenvalue weighted by molar-refractivity contribution is -0.192. The molecule has 0 saturated carbocycles. The number of aromatic nitrogens is 1. The highest BCUT2D eigenvalue weighted by molar-refractivity contribution is 7.93. The molecule has 4 rings (SSSR count). The van der Waals surface area contributed by atoms with Crippen molar-refractivity contribution in [3.63, 3.8) is 0 Å². The second kappa shape index (κ2) is 10.7. The Hall–Kier alpha value is -3.32. The van der Waals surface area contributed by atoms with Gasteiger partial charge < -0.3 is 14.7 Å². The standard InChI is InChI=1S/C21H23N3O3S2.C2HF3O2/c1-14(2)17-6-4-15(3)12-19(17)24-9-10-27-20-13-16(5-7-18(20)24)29(25,26)23-21-22-8-11-28-21;3-2(4,5)1(6)7/h4-8,11-14H,9-10H2,1-3H3,(H,22,23);(H,6,7). The Kier molecular flexibility index (Phi) is 8.14. The van der Waals surface area contributed by atoms with Crippen molar-refractivity contribution in [3.05, 3.63) is 59.1 Å². The summed E-state index contributed by atoms with van der Waals surface area (Å²) in [6.07, 6.45) is -3.52. The number of nitrogens with zero attached hydrogens (tertiary/aromatic N) is 2. The summed E-state index contributed by atoms with van der Waals surface area (Å²) in [4.78, 5) is 15.3. The predicted molar refractivity (Wildman–Crippen MR) is 131 cm³/mol. The summed E-state index contributed by atoms with van der Waals surface area (Å²) >= 11 is 1.24. The zero-order chi connectivity index (χ0) is 26.7. The molecular weight excluding hydrogens is 519 g/mol. The number of aliphatic carboxylic acids is 1. The molecule has 8 nitrogen and oxygen atoms in total. The van der Waals surface area contributed by atoms with E-state index in [4.69, 9.17) is 14.6 Å². The molecule has 0 spiro atoms. The van der Waals surface area contributed by atoms with Crippen LogP contribution in [-0.2, 0) is 14.8 Å². The van der Waals surface area contributed by atoms with E-state index in [0.717, 1.165) is 11.4 Å². The zero-order valence-corrected chi connectivity index (χ0v) is 21.2. The van der Waals surface area contributed by atoms with Gasteiger partial charge in [0.2, 0.25) is 0 Å². The van der Waals surface area contributed by atoms with Crippen molar-refractivity contribution in [2.24, 2.45) is 0 Å². The van der Waals surface area contributed by atoms with Crippen LogP contribution in [0.3, 0.4) is 0 Å². The molecule has 0 saturated heterocycles. The third-order valence-electron chi connectivity index (χ3n) is 5.10. The minimum absolute atomic E-state index is 0.154. The molecule has 194 valence electrons. The van der Waals surface area contributed by atoms with Gasteiger partial charge in [-0.25, -0.2) is 18.2 Å². The van der Waals surface area contributed by atoms with E-state index in [1.807, 2.05) is 6.07 Å². The molecule has 36 heavy (non-hydrogen) atoms. The predicted octanol–water partition coefficient (Wildman–Crippen LogP) is 5.54. The van der Waals surface area contributed by atoms with Crippen LogP contribution in [0.25, 0.3) is 0 Å². The summed E-state index contributed by atoms with van der Waals surface area (Å²) in [5.74, 6) is -1.82. The quantitative estimate of drug-likeness (QED) is 0.435. The third-order valence-corrected chi connectivity index (χ3v) is 7.25. The molecule has 1 aliphatic heterocycles. The Morgan fingerprint density at radius 1 is 1.19 bits per heavy atom. The molecule has 0 radical (unpaired) electrons. The van der Waals surface area contributed by atoms with Crippen LogP contribution in [0.5, 0.6) is 5.75 Å². The van der Waals surface area contributed by atoms with Gasteiger partial charge in [0.05, 0.1) is 17.1 Å². The summed E-state index contributed by atoms with van der Waals surface area (Å²) < 4.78 is 65.5. The number of sulfonamides is 1. The average molecular weight is 544 g/mol. The van der Waals surface area contributed by atoms with Crippen molar-refractivity contribution in [1.29, 1.82) is 0 Å². The fraction of sp³-hybridized carbons (Fsp3) is 0.304. The number of alkyl halides is 3. The molecule has 0 atom stereocenters. The van der Waals surface area contributed by atoms with Crippen molar-refractivity contribution in [3.8, 4) is 5.75 Å². The first-order valence-electron chi connectivity index (χ1n) is 10.7. The molecule has 13 heteroatoms. The number of thiazole rings is 1. The monoisotopic (exact) mass is 543 g/mol. The van der Waals surface area contributed by atoms with Gasteiger partial charge in [-0.2, -0.15) is 13.2 Å². The number of carboxylic acid groups (broad SMARTS) is 1. The normalized spacial score (nSPS) is 13.4. The highest BCUT2D eigenvalue weighted by atomic mass is 32.2. The molecule has 0 unspecified atom stereocenters. The first kappa shape index (κ1) is 27.3. The average Bonchev–Trinajstić information content (AvgIpc) is 3.30. The Morgan fingerprint density at radius 2 is 1.89 bits per heavy atom. The molecule has 0 aliphatic carbocycles. The highest BCUT2D eigenvalue weighted by Gasteiger charge is 2.38. The van der Waals surface area contributed by atoms with Crippen LogP contribution in [0.1, 0.15) is 30.9 Å². The van der Waals surface area contributed by atoms with E-state index in [9.17, 15) is 21.6 Å². The fourth-order valence-electron chi connectivity index (χ4n) is 3.44. The van der Waals surface area contributed by atoms with Crippen LogP contribution in [-0.4, -0.2) is 43.8 Å². The number of ether oxygens (including phenoxy) is 1. The Balaban J connectivity index is 0.000000454. The number of carboxylic acids is 1. The van der Waals surface area contributed by atoms with Crippen molar-refractivity contribution >= 4 is 43.8 Å². The van der Waals surface area contributed by atoms with E-state index >= 15 is 0 Å². The van der Waals surface area contributed by atoms with E-state index < -0.39 is 22.2 Å². The Morgan fingerprint density at radius 3 is 2.47 bits per heavy atom. The van der Waals surface area contributed by atoms with E-state index in [0.29, 0.717) is 30.0 Å². The Bertz CT molecular complexity index is 1330. The number of aryl methyl sites for hydroxylation is 1. The van der Waals surface area contributed by atoms with Crippen LogP contribution in [0.4, 0.5) is 29.7 Å². The van der Waals surface area contributed by atoms with Gasteiger partial charge in [-0.3, -0.25) is 4.72 Å². The number of fused-ring (bicyclic) bond motifs is 1. The van der Waals surface area contributed by atoms with E-state index in [1.54, 1.807) is 23.7 Å². The number of carbonyl (C=O) groups is 1. The molecule has 3 aromatic rings. The minimum atomic E-state index is -5.08. The van der Waals surface area contributed by atoms with Gasteiger partial charge in [0.15, 0.2) is 5.13 Å². The lowest BCUT2D eigenvalue weighted by Crippen LogP contribution is -2.29. The number of hydrogen-bond acceptors (Lipinski definition) is 7. The largest absolute Gasteiger partial charge is 0.490 e. The van der Waals surface area contributed by atoms with Crippen LogP contribution in [0.15, 0.2) is 52.9 Å². The molecule has 2 heterocycles. The zero-order valence-electron chi connectivity index (χ0n) is 19.5. The SMILES string of the molecule is Cc1ccc(C(C)C)c(N2CCOc3cc(S(=O)(=O)Nc4nccs4)ccc32)c1.O=C(O)C(F)(F)F. The van der Waals surface area contributed by atoms with E-state index in [1.165, 1.54) is 22.5 Å². The fourth-order valence-corrected chi connectivity index (χ4v) is 5.24. The molecule has 1 aromatic heterocycles. The van der Waals surface area contributed by atoms with E-state index in [2.05, 4.69) is 53.6 Å². The molecule has 1 aliphatic rings. The van der Waals surface area contributed by atoms with Crippen molar-refractivity contribution in [2.45, 2.75) is 37.8 Å². The number of rotatable bonds is 5. The highest BCUT2D eigenvalue weighted by Crippen LogP contribution is 2.41. The minimum Gasteiger partial charge on any atom is -0.489 e. The van der Waals surface area contributed by atoms with Crippen LogP contribution in [0.2, 0.25) is 0 Å². The molecule has 0 fully saturated rings. The Labute approximate surface area is 210 Å².